The summed E-state index contributed by atoms with van der Waals surface area (Å²) < 4.78 is 5.24. The number of ether oxygens (including phenoxy) is 1. The number of carbonyl (C=O) groups excluding carboxylic acids is 2. The monoisotopic (exact) mass is 331 g/mol. The fraction of sp³-hybridized carbons (Fsp3) is 0.611. The van der Waals surface area contributed by atoms with Crippen molar-refractivity contribution in [2.45, 2.75) is 25.7 Å². The molecule has 6 heteroatoms. The molecule has 3 heterocycles. The minimum atomic E-state index is 0.0687. The van der Waals surface area contributed by atoms with Gasteiger partial charge in [0.15, 0.2) is 0 Å². The van der Waals surface area contributed by atoms with Crippen LogP contribution in [-0.2, 0) is 20.7 Å². The van der Waals surface area contributed by atoms with E-state index in [4.69, 9.17) is 4.74 Å². The van der Waals surface area contributed by atoms with Crippen LogP contribution in [0.4, 0.5) is 0 Å². The van der Waals surface area contributed by atoms with E-state index in [1.165, 1.54) is 5.56 Å². The van der Waals surface area contributed by atoms with Gasteiger partial charge in [0.05, 0.1) is 13.2 Å². The highest BCUT2D eigenvalue weighted by Gasteiger charge is 2.27. The van der Waals surface area contributed by atoms with Crippen molar-refractivity contribution in [3.05, 3.63) is 30.1 Å². The average Bonchev–Trinajstić information content (AvgIpc) is 3.09. The standard InChI is InChI=1S/C18H25N3O3/c22-17(20-9-11-24-12-10-20)1-2-18(23)21-8-5-16(14-21)13-15-3-6-19-7-4-15/h3-4,6-7,16H,1-2,5,8-14H2/t16-/m0/s1. The molecule has 2 aliphatic rings. The molecule has 2 aliphatic heterocycles. The fourth-order valence-corrected chi connectivity index (χ4v) is 3.42. The van der Waals surface area contributed by atoms with Crippen LogP contribution in [0.2, 0.25) is 0 Å². The largest absolute Gasteiger partial charge is 0.378 e. The summed E-state index contributed by atoms with van der Waals surface area (Å²) in [7, 11) is 0. The molecule has 24 heavy (non-hydrogen) atoms. The van der Waals surface area contributed by atoms with Crippen molar-refractivity contribution in [2.75, 3.05) is 39.4 Å². The summed E-state index contributed by atoms with van der Waals surface area (Å²) in [5.41, 5.74) is 1.27. The molecule has 0 spiro atoms. The predicted octanol–water partition coefficient (Wildman–Crippen LogP) is 1.11. The highest BCUT2D eigenvalue weighted by molar-refractivity contribution is 5.84. The number of rotatable bonds is 5. The van der Waals surface area contributed by atoms with Gasteiger partial charge in [-0.1, -0.05) is 0 Å². The van der Waals surface area contributed by atoms with Gasteiger partial charge in [-0.3, -0.25) is 14.6 Å². The number of hydrogen-bond acceptors (Lipinski definition) is 4. The molecule has 0 unspecified atom stereocenters. The van der Waals surface area contributed by atoms with Crippen LogP contribution < -0.4 is 0 Å². The van der Waals surface area contributed by atoms with Gasteiger partial charge in [0.25, 0.3) is 0 Å². The minimum Gasteiger partial charge on any atom is -0.378 e. The molecule has 0 saturated carbocycles. The number of morpholine rings is 1. The van der Waals surface area contributed by atoms with Crippen molar-refractivity contribution >= 4 is 11.8 Å². The molecule has 130 valence electrons. The Kier molecular flexibility index (Phi) is 5.80. The molecule has 0 N–H and O–H groups in total. The third-order valence-corrected chi connectivity index (χ3v) is 4.83. The van der Waals surface area contributed by atoms with Crippen LogP contribution in [0.5, 0.6) is 0 Å². The molecule has 3 rings (SSSR count). The topological polar surface area (TPSA) is 62.7 Å². The summed E-state index contributed by atoms with van der Waals surface area (Å²) in [6.45, 7) is 4.09. The van der Waals surface area contributed by atoms with Gasteiger partial charge < -0.3 is 14.5 Å². The molecule has 0 aromatic carbocycles. The Labute approximate surface area is 142 Å². The van der Waals surface area contributed by atoms with Crippen LogP contribution >= 0.6 is 0 Å². The van der Waals surface area contributed by atoms with E-state index in [0.29, 0.717) is 45.1 Å². The smallest absolute Gasteiger partial charge is 0.223 e. The van der Waals surface area contributed by atoms with Gasteiger partial charge in [0.2, 0.25) is 11.8 Å². The zero-order chi connectivity index (χ0) is 16.8. The number of carbonyl (C=O) groups is 2. The van der Waals surface area contributed by atoms with Gasteiger partial charge >= 0.3 is 0 Å². The zero-order valence-corrected chi connectivity index (χ0v) is 14.0. The van der Waals surface area contributed by atoms with Crippen LogP contribution in [0.25, 0.3) is 0 Å². The van der Waals surface area contributed by atoms with Crippen LogP contribution in [0, 0.1) is 5.92 Å². The van der Waals surface area contributed by atoms with Gasteiger partial charge in [-0.2, -0.15) is 0 Å². The number of amides is 2. The van der Waals surface area contributed by atoms with Crippen LogP contribution in [0.3, 0.4) is 0 Å². The van der Waals surface area contributed by atoms with Crippen LogP contribution in [0.1, 0.15) is 24.8 Å². The predicted molar refractivity (Wildman–Crippen MR) is 89.3 cm³/mol. The molecule has 6 nitrogen and oxygen atoms in total. The van der Waals surface area contributed by atoms with Gasteiger partial charge in [-0.05, 0) is 36.5 Å². The first-order valence-electron chi connectivity index (χ1n) is 8.74. The summed E-state index contributed by atoms with van der Waals surface area (Å²) in [5.74, 6) is 0.680. The number of nitrogens with zero attached hydrogens (tertiary/aromatic N) is 3. The van der Waals surface area contributed by atoms with E-state index in [9.17, 15) is 9.59 Å². The van der Waals surface area contributed by atoms with E-state index < -0.39 is 0 Å². The van der Waals surface area contributed by atoms with E-state index in [2.05, 4.69) is 4.98 Å². The lowest BCUT2D eigenvalue weighted by Gasteiger charge is -2.27. The third-order valence-electron chi connectivity index (χ3n) is 4.83. The first kappa shape index (κ1) is 16.9. The first-order chi connectivity index (χ1) is 11.7. The lowest BCUT2D eigenvalue weighted by Crippen LogP contribution is -2.41. The molecule has 2 saturated heterocycles. The summed E-state index contributed by atoms with van der Waals surface area (Å²) in [6, 6.07) is 4.07. The zero-order valence-electron chi connectivity index (χ0n) is 14.0. The molecule has 2 fully saturated rings. The van der Waals surface area contributed by atoms with Crippen LogP contribution in [-0.4, -0.2) is 66.0 Å². The number of pyridine rings is 1. The van der Waals surface area contributed by atoms with Crippen molar-refractivity contribution in [1.82, 2.24) is 14.8 Å². The van der Waals surface area contributed by atoms with Crippen LogP contribution in [0.15, 0.2) is 24.5 Å². The SMILES string of the molecule is O=C(CCC(=O)N1CC[C@@H](Cc2ccncc2)C1)N1CCOCC1. The van der Waals surface area contributed by atoms with Gasteiger partial charge in [0, 0.05) is 51.4 Å². The Hall–Kier alpha value is -1.95. The number of aromatic nitrogens is 1. The third kappa shape index (κ3) is 4.54. The lowest BCUT2D eigenvalue weighted by molar-refractivity contribution is -0.139. The maximum absolute atomic E-state index is 12.4. The summed E-state index contributed by atoms with van der Waals surface area (Å²) in [4.78, 5) is 32.2. The number of hydrogen-bond donors (Lipinski definition) is 0. The van der Waals surface area contributed by atoms with Crippen molar-refractivity contribution in [3.63, 3.8) is 0 Å². The average molecular weight is 331 g/mol. The summed E-state index contributed by atoms with van der Waals surface area (Å²) >= 11 is 0. The van der Waals surface area contributed by atoms with E-state index in [1.807, 2.05) is 29.4 Å². The van der Waals surface area contributed by atoms with Crippen molar-refractivity contribution in [1.29, 1.82) is 0 Å². The normalized spacial score (nSPS) is 21.1. The van der Waals surface area contributed by atoms with E-state index in [0.717, 1.165) is 25.9 Å². The van der Waals surface area contributed by atoms with Gasteiger partial charge in [-0.25, -0.2) is 0 Å². The minimum absolute atomic E-state index is 0.0687. The van der Waals surface area contributed by atoms with Gasteiger partial charge in [0.1, 0.15) is 0 Å². The maximum atomic E-state index is 12.4. The molecular formula is C18H25N3O3. The molecule has 1 aromatic rings. The Morgan fingerprint density at radius 1 is 1.04 bits per heavy atom. The van der Waals surface area contributed by atoms with Crippen molar-refractivity contribution in [3.8, 4) is 0 Å². The Balaban J connectivity index is 1.40. The summed E-state index contributed by atoms with van der Waals surface area (Å²) in [6.07, 6.45) is 6.27. The Morgan fingerprint density at radius 3 is 2.42 bits per heavy atom. The lowest BCUT2D eigenvalue weighted by atomic mass is 10.00. The maximum Gasteiger partial charge on any atom is 0.223 e. The number of likely N-dealkylation sites (tertiary alicyclic amines) is 1. The molecule has 1 aromatic heterocycles. The summed E-state index contributed by atoms with van der Waals surface area (Å²) in [5, 5.41) is 0. The van der Waals surface area contributed by atoms with Crippen molar-refractivity contribution in [2.24, 2.45) is 5.92 Å². The molecule has 0 bridgehead atoms. The molecule has 2 amide bonds. The Bertz CT molecular complexity index is 558. The molecule has 1 atom stereocenters. The molecular weight excluding hydrogens is 306 g/mol. The highest BCUT2D eigenvalue weighted by Crippen LogP contribution is 2.21. The quantitative estimate of drug-likeness (QED) is 0.811. The highest BCUT2D eigenvalue weighted by atomic mass is 16.5. The first-order valence-corrected chi connectivity index (χ1v) is 8.74. The Morgan fingerprint density at radius 2 is 1.71 bits per heavy atom. The van der Waals surface area contributed by atoms with E-state index in [-0.39, 0.29) is 11.8 Å². The fourth-order valence-electron chi connectivity index (χ4n) is 3.42. The van der Waals surface area contributed by atoms with Gasteiger partial charge in [-0.15, -0.1) is 0 Å². The van der Waals surface area contributed by atoms with E-state index in [1.54, 1.807) is 4.90 Å². The van der Waals surface area contributed by atoms with Crippen molar-refractivity contribution < 1.29 is 14.3 Å². The molecule has 0 radical (unpaired) electrons. The second-order valence-corrected chi connectivity index (χ2v) is 6.55. The second-order valence-electron chi connectivity index (χ2n) is 6.55. The molecule has 0 aliphatic carbocycles. The van der Waals surface area contributed by atoms with E-state index >= 15 is 0 Å². The second kappa shape index (κ2) is 8.24.